The standard InChI is InChI=1S/C18H20N2O4.C2H5NO2/c1-11-9-13(20(23)24)6-7-15(11)19-17(22)14-10-12(18(2,3)4)5-8-16(14)21;1-3-2(4)5/h5-10,21H,1-4H3,(H,19,22);3H,1H3,(H,4,5). The van der Waals surface area contributed by atoms with Crippen LogP contribution in [0.4, 0.5) is 16.2 Å². The van der Waals surface area contributed by atoms with Gasteiger partial charge in [-0.3, -0.25) is 14.9 Å². The zero-order valence-electron chi connectivity index (χ0n) is 16.9. The molecule has 2 amide bonds. The number of nitrogens with one attached hydrogen (secondary N) is 2. The molecule has 9 nitrogen and oxygen atoms in total. The summed E-state index contributed by atoms with van der Waals surface area (Å²) in [7, 11) is 1.35. The van der Waals surface area contributed by atoms with Gasteiger partial charge in [0.1, 0.15) is 5.75 Å². The SMILES string of the molecule is CNC(=O)O.Cc1cc([N+](=O)[O-])ccc1NC(=O)c1cc(C(C)(C)C)ccc1O. The van der Waals surface area contributed by atoms with Gasteiger partial charge < -0.3 is 20.8 Å². The minimum atomic E-state index is -0.995. The van der Waals surface area contributed by atoms with Crippen molar-refractivity contribution in [2.24, 2.45) is 0 Å². The van der Waals surface area contributed by atoms with Crippen molar-refractivity contribution in [3.05, 3.63) is 63.2 Å². The molecule has 9 heteroatoms. The van der Waals surface area contributed by atoms with Crippen LogP contribution in [0.1, 0.15) is 42.3 Å². The number of phenols is 1. The Bertz CT molecular complexity index is 919. The van der Waals surface area contributed by atoms with Gasteiger partial charge in [0, 0.05) is 24.9 Å². The Labute approximate surface area is 168 Å². The predicted molar refractivity (Wildman–Crippen MR) is 110 cm³/mol. The fourth-order valence-electron chi connectivity index (χ4n) is 2.28. The molecule has 0 aromatic heterocycles. The number of non-ortho nitro benzene ring substituents is 1. The van der Waals surface area contributed by atoms with E-state index in [9.17, 15) is 24.8 Å². The summed E-state index contributed by atoms with van der Waals surface area (Å²) in [5.74, 6) is -0.574. The van der Waals surface area contributed by atoms with E-state index < -0.39 is 16.9 Å². The summed E-state index contributed by atoms with van der Waals surface area (Å²) < 4.78 is 0. The van der Waals surface area contributed by atoms with Gasteiger partial charge in [-0.2, -0.15) is 0 Å². The van der Waals surface area contributed by atoms with E-state index in [1.54, 1.807) is 19.1 Å². The van der Waals surface area contributed by atoms with E-state index >= 15 is 0 Å². The van der Waals surface area contributed by atoms with E-state index in [0.29, 0.717) is 11.3 Å². The van der Waals surface area contributed by atoms with Crippen molar-refractivity contribution in [3.63, 3.8) is 0 Å². The highest BCUT2D eigenvalue weighted by molar-refractivity contribution is 6.06. The molecule has 0 spiro atoms. The van der Waals surface area contributed by atoms with Crippen LogP contribution in [0.25, 0.3) is 0 Å². The number of nitrogens with zero attached hydrogens (tertiary/aromatic N) is 1. The van der Waals surface area contributed by atoms with Crippen molar-refractivity contribution in [1.82, 2.24) is 5.32 Å². The molecule has 2 aromatic carbocycles. The number of hydrogen-bond acceptors (Lipinski definition) is 5. The van der Waals surface area contributed by atoms with Crippen molar-refractivity contribution in [2.75, 3.05) is 12.4 Å². The number of aryl methyl sites for hydroxylation is 1. The minimum Gasteiger partial charge on any atom is -0.507 e. The second-order valence-electron chi connectivity index (χ2n) is 7.25. The third-order valence-electron chi connectivity index (χ3n) is 3.99. The summed E-state index contributed by atoms with van der Waals surface area (Å²) >= 11 is 0. The van der Waals surface area contributed by atoms with Crippen LogP contribution in [0, 0.1) is 17.0 Å². The number of hydrogen-bond donors (Lipinski definition) is 4. The van der Waals surface area contributed by atoms with Crippen LogP contribution in [0.2, 0.25) is 0 Å². The number of carboxylic acid groups (broad SMARTS) is 1. The maximum Gasteiger partial charge on any atom is 0.404 e. The van der Waals surface area contributed by atoms with Crippen LogP contribution >= 0.6 is 0 Å². The Balaban J connectivity index is 0.000000749. The number of phenolic OH excluding ortho intramolecular Hbond substituents is 1. The number of benzene rings is 2. The van der Waals surface area contributed by atoms with Gasteiger partial charge in [0.05, 0.1) is 10.5 Å². The molecule has 0 aliphatic rings. The zero-order valence-corrected chi connectivity index (χ0v) is 16.9. The second kappa shape index (κ2) is 9.54. The molecule has 0 saturated heterocycles. The Hall–Kier alpha value is -3.62. The topological polar surface area (TPSA) is 142 Å². The van der Waals surface area contributed by atoms with E-state index in [1.165, 1.54) is 31.3 Å². The van der Waals surface area contributed by atoms with Crippen molar-refractivity contribution in [2.45, 2.75) is 33.1 Å². The number of amides is 2. The number of aromatic hydroxyl groups is 1. The fourth-order valence-corrected chi connectivity index (χ4v) is 2.28. The quantitative estimate of drug-likeness (QED) is 0.450. The van der Waals surface area contributed by atoms with Crippen LogP contribution < -0.4 is 10.6 Å². The molecule has 0 aliphatic heterocycles. The monoisotopic (exact) mass is 403 g/mol. The van der Waals surface area contributed by atoms with Crippen molar-refractivity contribution in [3.8, 4) is 5.75 Å². The lowest BCUT2D eigenvalue weighted by atomic mass is 9.86. The van der Waals surface area contributed by atoms with Gasteiger partial charge in [-0.15, -0.1) is 0 Å². The van der Waals surface area contributed by atoms with Gasteiger partial charge in [-0.1, -0.05) is 26.8 Å². The first-order valence-electron chi connectivity index (χ1n) is 8.67. The number of anilines is 1. The third-order valence-corrected chi connectivity index (χ3v) is 3.99. The molecule has 4 N–H and O–H groups in total. The zero-order chi connectivity index (χ0) is 22.4. The van der Waals surface area contributed by atoms with E-state index in [4.69, 9.17) is 5.11 Å². The molecular weight excluding hydrogens is 378 g/mol. The van der Waals surface area contributed by atoms with Gasteiger partial charge in [0.25, 0.3) is 11.6 Å². The third kappa shape index (κ3) is 6.80. The fraction of sp³-hybridized carbons (Fsp3) is 0.300. The predicted octanol–water partition coefficient (Wildman–Crippen LogP) is 4.04. The normalized spacial score (nSPS) is 10.4. The molecule has 0 heterocycles. The molecule has 29 heavy (non-hydrogen) atoms. The van der Waals surface area contributed by atoms with Gasteiger partial charge in [-0.05, 0) is 41.7 Å². The van der Waals surface area contributed by atoms with Gasteiger partial charge in [0.2, 0.25) is 0 Å². The summed E-state index contributed by atoms with van der Waals surface area (Å²) in [5, 5.41) is 33.0. The molecule has 0 radical (unpaired) electrons. The van der Waals surface area contributed by atoms with Crippen LogP contribution in [-0.4, -0.2) is 34.2 Å². The van der Waals surface area contributed by atoms with Gasteiger partial charge in [0.15, 0.2) is 0 Å². The first-order chi connectivity index (χ1) is 13.4. The van der Waals surface area contributed by atoms with Crippen molar-refractivity contribution < 1.29 is 24.7 Å². The van der Waals surface area contributed by atoms with E-state index in [-0.39, 0.29) is 22.4 Å². The first-order valence-corrected chi connectivity index (χ1v) is 8.67. The largest absolute Gasteiger partial charge is 0.507 e. The van der Waals surface area contributed by atoms with Crippen LogP contribution in [0.15, 0.2) is 36.4 Å². The first kappa shape index (κ1) is 23.4. The number of nitro groups is 1. The molecule has 2 rings (SSSR count). The molecule has 0 bridgehead atoms. The van der Waals surface area contributed by atoms with Gasteiger partial charge >= 0.3 is 6.09 Å². The Morgan fingerprint density at radius 1 is 1.10 bits per heavy atom. The lowest BCUT2D eigenvalue weighted by Gasteiger charge is -2.20. The molecule has 0 unspecified atom stereocenters. The molecule has 0 fully saturated rings. The molecule has 0 aliphatic carbocycles. The summed E-state index contributed by atoms with van der Waals surface area (Å²) in [6.45, 7) is 7.72. The maximum atomic E-state index is 12.5. The lowest BCUT2D eigenvalue weighted by molar-refractivity contribution is -0.384. The molecule has 0 saturated carbocycles. The Morgan fingerprint density at radius 2 is 1.69 bits per heavy atom. The summed E-state index contributed by atoms with van der Waals surface area (Å²) in [6, 6.07) is 9.14. The van der Waals surface area contributed by atoms with E-state index in [0.717, 1.165) is 5.56 Å². The lowest BCUT2D eigenvalue weighted by Crippen LogP contribution is -2.16. The highest BCUT2D eigenvalue weighted by Gasteiger charge is 2.19. The minimum absolute atomic E-state index is 0.0388. The summed E-state index contributed by atoms with van der Waals surface area (Å²) in [6.07, 6.45) is -0.995. The number of nitro benzene ring substituents is 1. The van der Waals surface area contributed by atoms with E-state index in [1.807, 2.05) is 26.1 Å². The highest BCUT2D eigenvalue weighted by Crippen LogP contribution is 2.28. The Morgan fingerprint density at radius 3 is 2.14 bits per heavy atom. The smallest absolute Gasteiger partial charge is 0.404 e. The van der Waals surface area contributed by atoms with E-state index in [2.05, 4.69) is 5.32 Å². The average molecular weight is 403 g/mol. The summed E-state index contributed by atoms with van der Waals surface area (Å²) in [5.41, 5.74) is 1.93. The average Bonchev–Trinajstić information content (AvgIpc) is 2.62. The Kier molecular flexibility index (Phi) is 7.70. The number of rotatable bonds is 3. The number of carbonyl (C=O) groups is 2. The molecular formula is C20H25N3O6. The second-order valence-corrected chi connectivity index (χ2v) is 7.25. The van der Waals surface area contributed by atoms with Crippen LogP contribution in [0.3, 0.4) is 0 Å². The van der Waals surface area contributed by atoms with Crippen LogP contribution in [-0.2, 0) is 5.41 Å². The van der Waals surface area contributed by atoms with Crippen molar-refractivity contribution in [1.29, 1.82) is 0 Å². The van der Waals surface area contributed by atoms with Gasteiger partial charge in [-0.25, -0.2) is 4.79 Å². The molecule has 0 atom stereocenters. The molecule has 156 valence electrons. The number of carbonyl (C=O) groups excluding carboxylic acids is 1. The highest BCUT2D eigenvalue weighted by atomic mass is 16.6. The maximum absolute atomic E-state index is 12.5. The summed E-state index contributed by atoms with van der Waals surface area (Å²) in [4.78, 5) is 32.0. The van der Waals surface area contributed by atoms with Crippen LogP contribution in [0.5, 0.6) is 5.75 Å². The molecule has 2 aromatic rings. The van der Waals surface area contributed by atoms with Crippen molar-refractivity contribution >= 4 is 23.4 Å².